The topological polar surface area (TPSA) is 266 Å². The number of ether oxygens (including phenoxy) is 12. The Morgan fingerprint density at radius 3 is 1.41 bits per heavy atom. The molecule has 6 atom stereocenters. The highest BCUT2D eigenvalue weighted by molar-refractivity contribution is 7.88. The first kappa shape index (κ1) is 59.2. The molecule has 22 nitrogen and oxygen atoms in total. The van der Waals surface area contributed by atoms with Gasteiger partial charge >= 0.3 is 11.9 Å². The second kappa shape index (κ2) is 29.0. The van der Waals surface area contributed by atoms with Crippen LogP contribution in [0, 0.1) is 0 Å². The lowest BCUT2D eigenvalue weighted by atomic mass is 10.2. The van der Waals surface area contributed by atoms with Crippen molar-refractivity contribution in [3.63, 3.8) is 0 Å². The summed E-state index contributed by atoms with van der Waals surface area (Å²) in [6.07, 6.45) is -3.12. The van der Waals surface area contributed by atoms with Gasteiger partial charge in [-0.3, -0.25) is 27.5 Å². The van der Waals surface area contributed by atoms with Gasteiger partial charge < -0.3 is 56.8 Å². The second-order valence-electron chi connectivity index (χ2n) is 15.6. The molecule has 372 valence electrons. The molecule has 0 N–H and O–H groups in total. The monoisotopic (exact) mass is 964 g/mol. The Morgan fingerprint density at radius 2 is 1.03 bits per heavy atom. The molecule has 24 heteroatoms. The van der Waals surface area contributed by atoms with Crippen LogP contribution in [0.1, 0.15) is 54.4 Å². The highest BCUT2D eigenvalue weighted by Gasteiger charge is 2.38. The van der Waals surface area contributed by atoms with Crippen LogP contribution in [0.25, 0.3) is 0 Å². The number of hydrogen-bond donors (Lipinski definition) is 0. The first-order valence-corrected chi connectivity index (χ1v) is 23.0. The minimum absolute atomic E-state index is 0.0580. The molecule has 6 unspecified atom stereocenters. The van der Waals surface area contributed by atoms with E-state index >= 15 is 0 Å². The summed E-state index contributed by atoms with van der Waals surface area (Å²) >= 11 is 0. The summed E-state index contributed by atoms with van der Waals surface area (Å²) in [6, 6.07) is 0. The maximum Gasteiger partial charge on any atom is 0.327 e. The predicted octanol–water partition coefficient (Wildman–Crippen LogP) is 1.22. The summed E-state index contributed by atoms with van der Waals surface area (Å²) in [7, 11) is -4.69. The van der Waals surface area contributed by atoms with Gasteiger partial charge in [-0.15, -0.1) is 0 Å². The van der Waals surface area contributed by atoms with Crippen LogP contribution in [-0.2, 0) is 105 Å². The number of Topliss-reactive ketones (excluding diaryl/α,β-unsaturated/α-hetero) is 2. The maximum atomic E-state index is 12.5. The van der Waals surface area contributed by atoms with Crippen molar-refractivity contribution in [2.24, 2.45) is 0 Å². The molecule has 2 fully saturated rings. The van der Waals surface area contributed by atoms with Gasteiger partial charge in [0.25, 0.3) is 20.2 Å². The summed E-state index contributed by atoms with van der Waals surface area (Å²) < 4.78 is 121. The molecule has 64 heavy (non-hydrogen) atoms. The van der Waals surface area contributed by atoms with Crippen LogP contribution in [-0.4, -0.2) is 195 Å². The van der Waals surface area contributed by atoms with Crippen LogP contribution in [0.15, 0.2) is 24.3 Å². The summed E-state index contributed by atoms with van der Waals surface area (Å²) in [5.41, 5.74) is 1.61. The molecule has 0 aromatic rings. The van der Waals surface area contributed by atoms with E-state index in [0.717, 1.165) is 39.6 Å². The number of methoxy groups -OCH3 is 2. The molecule has 2 saturated heterocycles. The molecular formula is C40H68O22S2. The van der Waals surface area contributed by atoms with Crippen molar-refractivity contribution in [1.29, 1.82) is 0 Å². The zero-order chi connectivity index (χ0) is 48.7. The highest BCUT2D eigenvalue weighted by Crippen LogP contribution is 2.23. The smallest absolute Gasteiger partial charge is 0.327 e. The van der Waals surface area contributed by atoms with E-state index in [-0.39, 0.29) is 58.5 Å². The van der Waals surface area contributed by atoms with Gasteiger partial charge in [0.05, 0.1) is 101 Å². The molecule has 0 saturated carbocycles. The third-order valence-corrected chi connectivity index (χ3v) is 11.7. The highest BCUT2D eigenvalue weighted by atomic mass is 32.2. The maximum absolute atomic E-state index is 12.5. The van der Waals surface area contributed by atoms with Crippen LogP contribution < -0.4 is 0 Å². The van der Waals surface area contributed by atoms with Gasteiger partial charge in [-0.1, -0.05) is 24.3 Å². The van der Waals surface area contributed by atoms with Crippen molar-refractivity contribution >= 4 is 43.7 Å². The Hall–Kier alpha value is -2.82. The standard InChI is InChI=1S/2C20H34O11S/c1-14(2)8-27-9-15(10-28-11-16-12-30-20(3,4)31-16)29-13-17(21)18(7-19(22)25-5)32(23,24)26-6;1-14(2)8-27-10-16(11-28-12-17-13-30-20(3,4)31-17)29-9-15(21)7-18(19(22)25-5)32(23,24)26-6/h15-16,18H,1,7-13H2,2-6H3;16-18H,1,7-13H2,2-6H3. The van der Waals surface area contributed by atoms with E-state index in [0.29, 0.717) is 19.8 Å². The second-order valence-corrected chi connectivity index (χ2v) is 19.4. The summed E-state index contributed by atoms with van der Waals surface area (Å²) in [5.74, 6) is -4.78. The Labute approximate surface area is 376 Å². The van der Waals surface area contributed by atoms with Crippen LogP contribution in [0.5, 0.6) is 0 Å². The lowest BCUT2D eigenvalue weighted by Gasteiger charge is -2.21. The normalized spacial score (nSPS) is 20.0. The first-order chi connectivity index (χ1) is 29.8. The molecule has 0 spiro atoms. The van der Waals surface area contributed by atoms with E-state index in [9.17, 15) is 36.0 Å². The van der Waals surface area contributed by atoms with Gasteiger partial charge in [0.1, 0.15) is 37.6 Å². The van der Waals surface area contributed by atoms with Gasteiger partial charge in [-0.05, 0) is 41.5 Å². The average Bonchev–Trinajstić information content (AvgIpc) is 3.76. The van der Waals surface area contributed by atoms with E-state index in [1.165, 1.54) is 0 Å². The SMILES string of the molecule is C=C(C)COCC(COCC1COC(C)(C)O1)OCC(=O)C(CC(=O)OC)S(=O)(=O)OC.C=C(C)COCC(COCC1COC(C)(C)O1)OCC(=O)CC(C(=O)OC)S(=O)(=O)OC. The summed E-state index contributed by atoms with van der Waals surface area (Å²) in [4.78, 5) is 48.1. The number of esters is 2. The fourth-order valence-corrected chi connectivity index (χ4v) is 7.33. The molecule has 2 aliphatic heterocycles. The summed E-state index contributed by atoms with van der Waals surface area (Å²) in [6.45, 7) is 19.5. The van der Waals surface area contributed by atoms with Gasteiger partial charge in [-0.2, -0.15) is 16.8 Å². The Balaban J connectivity index is 0.000000640. The number of ketones is 2. The van der Waals surface area contributed by atoms with Crippen LogP contribution >= 0.6 is 0 Å². The van der Waals surface area contributed by atoms with Gasteiger partial charge in [0, 0.05) is 6.42 Å². The number of hydrogen-bond acceptors (Lipinski definition) is 22. The number of carbonyl (C=O) groups is 4. The van der Waals surface area contributed by atoms with Crippen LogP contribution in [0.2, 0.25) is 0 Å². The predicted molar refractivity (Wildman–Crippen MR) is 225 cm³/mol. The Kier molecular flexibility index (Phi) is 26.9. The molecular weight excluding hydrogens is 897 g/mol. The lowest BCUT2D eigenvalue weighted by Crippen LogP contribution is -2.38. The van der Waals surface area contributed by atoms with Crippen molar-refractivity contribution in [2.75, 3.05) is 108 Å². The van der Waals surface area contributed by atoms with Crippen molar-refractivity contribution in [3.05, 3.63) is 24.3 Å². The molecule has 2 rings (SSSR count). The molecule has 0 radical (unpaired) electrons. The lowest BCUT2D eigenvalue weighted by molar-refractivity contribution is -0.149. The molecule has 0 aromatic heterocycles. The zero-order valence-corrected chi connectivity index (χ0v) is 40.2. The van der Waals surface area contributed by atoms with Crippen LogP contribution in [0.3, 0.4) is 0 Å². The molecule has 2 aliphatic rings. The zero-order valence-electron chi connectivity index (χ0n) is 38.6. The Bertz CT molecular complexity index is 1710. The fourth-order valence-electron chi connectivity index (χ4n) is 5.42. The minimum Gasteiger partial charge on any atom is -0.469 e. The number of rotatable bonds is 32. The Morgan fingerprint density at radius 1 is 0.609 bits per heavy atom. The minimum atomic E-state index is -4.31. The van der Waals surface area contributed by atoms with Gasteiger partial charge in [0.15, 0.2) is 33.6 Å². The summed E-state index contributed by atoms with van der Waals surface area (Å²) in [5, 5.41) is -3.52. The quantitative estimate of drug-likeness (QED) is 0.0521. The third-order valence-electron chi connectivity index (χ3n) is 8.57. The van der Waals surface area contributed by atoms with E-state index in [1.807, 2.05) is 0 Å². The van der Waals surface area contributed by atoms with Crippen molar-refractivity contribution < 1.29 is 101 Å². The number of carbonyl (C=O) groups excluding carboxylic acids is 4. The molecule has 2 heterocycles. The van der Waals surface area contributed by atoms with E-state index in [1.54, 1.807) is 41.5 Å². The fraction of sp³-hybridized carbons (Fsp3) is 0.800. The third kappa shape index (κ3) is 24.1. The largest absolute Gasteiger partial charge is 0.469 e. The average molecular weight is 965 g/mol. The van der Waals surface area contributed by atoms with E-state index in [2.05, 4.69) is 31.0 Å². The molecule has 0 aromatic carbocycles. The molecule has 0 amide bonds. The van der Waals surface area contributed by atoms with E-state index < -0.39 is 104 Å². The van der Waals surface area contributed by atoms with Crippen molar-refractivity contribution in [1.82, 2.24) is 0 Å². The van der Waals surface area contributed by atoms with Crippen LogP contribution in [0.4, 0.5) is 0 Å². The van der Waals surface area contributed by atoms with Gasteiger partial charge in [-0.25, -0.2) is 0 Å². The first-order valence-electron chi connectivity index (χ1n) is 20.0. The molecule has 0 aliphatic carbocycles. The van der Waals surface area contributed by atoms with Crippen molar-refractivity contribution in [2.45, 2.75) is 101 Å². The van der Waals surface area contributed by atoms with Crippen molar-refractivity contribution in [3.8, 4) is 0 Å². The molecule has 0 bridgehead atoms. The van der Waals surface area contributed by atoms with E-state index in [4.69, 9.17) is 47.4 Å². The van der Waals surface area contributed by atoms with Gasteiger partial charge in [0.2, 0.25) is 0 Å².